The highest BCUT2D eigenvalue weighted by Crippen LogP contribution is 2.23. The van der Waals surface area contributed by atoms with Crippen molar-refractivity contribution in [3.05, 3.63) is 64.7 Å². The number of nitrogens with zero attached hydrogens (tertiary/aromatic N) is 2. The first-order valence-electron chi connectivity index (χ1n) is 7.50. The molecule has 4 nitrogen and oxygen atoms in total. The van der Waals surface area contributed by atoms with Crippen LogP contribution in [0.4, 0.5) is 0 Å². The molecule has 0 aliphatic heterocycles. The number of ether oxygens (including phenoxy) is 1. The average Bonchev–Trinajstić information content (AvgIpc) is 2.61. The molecule has 0 aliphatic carbocycles. The summed E-state index contributed by atoms with van der Waals surface area (Å²) in [5.41, 5.74) is 3.45. The van der Waals surface area contributed by atoms with Gasteiger partial charge in [0.15, 0.2) is 0 Å². The third kappa shape index (κ3) is 4.53. The normalized spacial score (nSPS) is 10.1. The molecule has 0 saturated carbocycles. The molecule has 0 bridgehead atoms. The Morgan fingerprint density at radius 3 is 2.50 bits per heavy atom. The number of amides is 1. The molecule has 0 spiro atoms. The van der Waals surface area contributed by atoms with E-state index in [1.165, 1.54) is 0 Å². The van der Waals surface area contributed by atoms with Crippen molar-refractivity contribution in [2.45, 2.75) is 11.5 Å². The maximum atomic E-state index is 12.0. The van der Waals surface area contributed by atoms with Gasteiger partial charge >= 0.3 is 0 Å². The summed E-state index contributed by atoms with van der Waals surface area (Å²) in [4.78, 5) is 13.6. The van der Waals surface area contributed by atoms with Crippen molar-refractivity contribution >= 4 is 17.7 Å². The Morgan fingerprint density at radius 1 is 1.17 bits per heavy atom. The van der Waals surface area contributed by atoms with E-state index in [1.54, 1.807) is 37.9 Å². The molecule has 2 aromatic carbocycles. The molecule has 124 valence electrons. The van der Waals surface area contributed by atoms with Gasteiger partial charge in [0.05, 0.1) is 12.7 Å². The molecule has 0 fully saturated rings. The Morgan fingerprint density at radius 2 is 1.88 bits per heavy atom. The molecule has 1 amide bonds. The predicted octanol–water partition coefficient (Wildman–Crippen LogP) is 3.70. The smallest absolute Gasteiger partial charge is 0.253 e. The Balaban J connectivity index is 1.99. The van der Waals surface area contributed by atoms with Gasteiger partial charge in [0.1, 0.15) is 11.8 Å². The quantitative estimate of drug-likeness (QED) is 0.804. The van der Waals surface area contributed by atoms with Crippen LogP contribution in [0, 0.1) is 11.3 Å². The number of hydrogen-bond donors (Lipinski definition) is 0. The summed E-state index contributed by atoms with van der Waals surface area (Å²) in [5.74, 6) is 2.21. The van der Waals surface area contributed by atoms with Crippen molar-refractivity contribution in [3.63, 3.8) is 0 Å². The second kappa shape index (κ2) is 8.42. The summed E-state index contributed by atoms with van der Waals surface area (Å²) < 4.78 is 5.15. The van der Waals surface area contributed by atoms with E-state index in [0.717, 1.165) is 22.6 Å². The summed E-state index contributed by atoms with van der Waals surface area (Å²) in [6.45, 7) is 0. The lowest BCUT2D eigenvalue weighted by Crippen LogP contribution is -2.21. The van der Waals surface area contributed by atoms with Crippen molar-refractivity contribution in [3.8, 4) is 11.8 Å². The lowest BCUT2D eigenvalue weighted by molar-refractivity contribution is 0.0827. The Hall–Kier alpha value is -2.45. The van der Waals surface area contributed by atoms with Gasteiger partial charge in [-0.1, -0.05) is 18.2 Å². The van der Waals surface area contributed by atoms with E-state index in [0.29, 0.717) is 16.9 Å². The van der Waals surface area contributed by atoms with E-state index in [2.05, 4.69) is 6.07 Å². The molecule has 0 heterocycles. The van der Waals surface area contributed by atoms with Crippen LogP contribution < -0.4 is 4.74 Å². The standard InChI is InChI=1S/C19H20N2O2S/c1-21(2)19(22)16-6-4-5-14(9-16)12-24-13-15-7-8-18(23-3)17(10-15)11-20/h4-10H,12-13H2,1-3H3. The molecule has 2 aromatic rings. The minimum Gasteiger partial charge on any atom is -0.495 e. The highest BCUT2D eigenvalue weighted by Gasteiger charge is 2.08. The number of carbonyl (C=O) groups is 1. The van der Waals surface area contributed by atoms with Crippen molar-refractivity contribution in [1.82, 2.24) is 4.90 Å². The highest BCUT2D eigenvalue weighted by atomic mass is 32.2. The summed E-state index contributed by atoms with van der Waals surface area (Å²) in [5, 5.41) is 9.13. The van der Waals surface area contributed by atoms with Gasteiger partial charge < -0.3 is 9.64 Å². The zero-order valence-electron chi connectivity index (χ0n) is 14.1. The van der Waals surface area contributed by atoms with Gasteiger partial charge in [-0.05, 0) is 35.4 Å². The van der Waals surface area contributed by atoms with E-state index in [4.69, 9.17) is 10.00 Å². The molecular weight excluding hydrogens is 320 g/mol. The molecule has 0 saturated heterocycles. The first kappa shape index (κ1) is 17.9. The SMILES string of the molecule is COc1ccc(CSCc2cccc(C(=O)N(C)C)c2)cc1C#N. The minimum atomic E-state index is 0.00988. The van der Waals surface area contributed by atoms with Gasteiger partial charge in [-0.15, -0.1) is 0 Å². The Kier molecular flexibility index (Phi) is 6.28. The van der Waals surface area contributed by atoms with Crippen LogP contribution >= 0.6 is 11.8 Å². The molecule has 24 heavy (non-hydrogen) atoms. The Labute approximate surface area is 147 Å². The van der Waals surface area contributed by atoms with Gasteiger partial charge in [0.25, 0.3) is 5.91 Å². The number of methoxy groups -OCH3 is 1. The van der Waals surface area contributed by atoms with Crippen LogP contribution in [0.25, 0.3) is 0 Å². The van der Waals surface area contributed by atoms with Gasteiger partial charge in [-0.25, -0.2) is 0 Å². The number of nitriles is 1. The zero-order chi connectivity index (χ0) is 17.5. The molecule has 0 aliphatic rings. The number of thioether (sulfide) groups is 1. The monoisotopic (exact) mass is 340 g/mol. The predicted molar refractivity (Wildman–Crippen MR) is 97.2 cm³/mol. The van der Waals surface area contributed by atoms with Crippen LogP contribution in [0.15, 0.2) is 42.5 Å². The molecular formula is C19H20N2O2S. The summed E-state index contributed by atoms with van der Waals surface area (Å²) >= 11 is 1.75. The maximum absolute atomic E-state index is 12.0. The van der Waals surface area contributed by atoms with E-state index in [-0.39, 0.29) is 5.91 Å². The molecule has 0 aromatic heterocycles. The van der Waals surface area contributed by atoms with E-state index < -0.39 is 0 Å². The van der Waals surface area contributed by atoms with Gasteiger partial charge in [-0.2, -0.15) is 17.0 Å². The third-order valence-electron chi connectivity index (χ3n) is 3.50. The summed E-state index contributed by atoms with van der Waals surface area (Å²) in [6, 6.07) is 15.5. The van der Waals surface area contributed by atoms with Crippen molar-refractivity contribution < 1.29 is 9.53 Å². The van der Waals surface area contributed by atoms with Crippen LogP contribution in [-0.4, -0.2) is 32.0 Å². The van der Waals surface area contributed by atoms with Gasteiger partial charge in [0, 0.05) is 31.2 Å². The van der Waals surface area contributed by atoms with Crippen LogP contribution in [0.5, 0.6) is 5.75 Å². The fourth-order valence-electron chi connectivity index (χ4n) is 2.27. The topological polar surface area (TPSA) is 53.3 Å². The largest absolute Gasteiger partial charge is 0.495 e. The molecule has 2 rings (SSSR count). The fourth-order valence-corrected chi connectivity index (χ4v) is 3.20. The maximum Gasteiger partial charge on any atom is 0.253 e. The first-order valence-corrected chi connectivity index (χ1v) is 8.66. The van der Waals surface area contributed by atoms with E-state index in [9.17, 15) is 4.79 Å². The molecule has 0 N–H and O–H groups in total. The molecule has 0 radical (unpaired) electrons. The summed E-state index contributed by atoms with van der Waals surface area (Å²) in [7, 11) is 5.06. The first-order chi connectivity index (χ1) is 11.5. The Bertz CT molecular complexity index is 766. The lowest BCUT2D eigenvalue weighted by Gasteiger charge is -2.11. The number of rotatable bonds is 6. The molecule has 0 unspecified atom stereocenters. The zero-order valence-corrected chi connectivity index (χ0v) is 14.9. The van der Waals surface area contributed by atoms with Crippen LogP contribution in [-0.2, 0) is 11.5 Å². The van der Waals surface area contributed by atoms with Gasteiger partial charge in [-0.3, -0.25) is 4.79 Å². The van der Waals surface area contributed by atoms with E-state index >= 15 is 0 Å². The fraction of sp³-hybridized carbons (Fsp3) is 0.263. The second-order valence-corrected chi connectivity index (χ2v) is 6.52. The second-order valence-electron chi connectivity index (χ2n) is 5.54. The van der Waals surface area contributed by atoms with Crippen molar-refractivity contribution in [1.29, 1.82) is 5.26 Å². The highest BCUT2D eigenvalue weighted by molar-refractivity contribution is 7.97. The van der Waals surface area contributed by atoms with Crippen molar-refractivity contribution in [2.75, 3.05) is 21.2 Å². The average molecular weight is 340 g/mol. The van der Waals surface area contributed by atoms with Crippen LogP contribution in [0.1, 0.15) is 27.0 Å². The molecule has 0 atom stereocenters. The van der Waals surface area contributed by atoms with E-state index in [1.807, 2.05) is 42.5 Å². The number of hydrogen-bond acceptors (Lipinski definition) is 4. The van der Waals surface area contributed by atoms with Crippen LogP contribution in [0.2, 0.25) is 0 Å². The lowest BCUT2D eigenvalue weighted by atomic mass is 10.1. The summed E-state index contributed by atoms with van der Waals surface area (Å²) in [6.07, 6.45) is 0. The number of benzene rings is 2. The minimum absolute atomic E-state index is 0.00988. The van der Waals surface area contributed by atoms with Gasteiger partial charge in [0.2, 0.25) is 0 Å². The molecule has 5 heteroatoms. The van der Waals surface area contributed by atoms with Crippen LogP contribution in [0.3, 0.4) is 0 Å². The third-order valence-corrected chi connectivity index (χ3v) is 4.58. The number of carbonyl (C=O) groups excluding carboxylic acids is 1. The van der Waals surface area contributed by atoms with Crippen molar-refractivity contribution in [2.24, 2.45) is 0 Å².